The van der Waals surface area contributed by atoms with Crippen molar-refractivity contribution in [3.05, 3.63) is 65.7 Å². The molecule has 2 aromatic rings. The van der Waals surface area contributed by atoms with Crippen LogP contribution < -0.4 is 22.0 Å². The van der Waals surface area contributed by atoms with Gasteiger partial charge in [-0.3, -0.25) is 0 Å². The second-order valence-electron chi connectivity index (χ2n) is 6.53. The van der Waals surface area contributed by atoms with Gasteiger partial charge in [-0.15, -0.1) is 0 Å². The molecule has 3 heteroatoms. The van der Waals surface area contributed by atoms with E-state index in [9.17, 15) is 0 Å². The molecule has 0 atom stereocenters. The lowest BCUT2D eigenvalue weighted by Crippen LogP contribution is -3.12. The SMILES string of the molecule is [Cl-].c1ccc(Cc2ccccc2OCCC[NH+]2CCCCC2)cc1. The summed E-state index contributed by atoms with van der Waals surface area (Å²) in [6.07, 6.45) is 6.31. The van der Waals surface area contributed by atoms with Crippen molar-refractivity contribution in [2.24, 2.45) is 0 Å². The number of para-hydroxylation sites is 1. The monoisotopic (exact) mass is 345 g/mol. The van der Waals surface area contributed by atoms with Crippen molar-refractivity contribution < 1.29 is 22.0 Å². The highest BCUT2D eigenvalue weighted by molar-refractivity contribution is 5.37. The van der Waals surface area contributed by atoms with Crippen molar-refractivity contribution in [1.29, 1.82) is 0 Å². The molecule has 1 heterocycles. The Kier molecular flexibility index (Phi) is 8.14. The molecule has 0 unspecified atom stereocenters. The summed E-state index contributed by atoms with van der Waals surface area (Å²) in [6.45, 7) is 4.78. The number of rotatable bonds is 7. The van der Waals surface area contributed by atoms with E-state index in [2.05, 4.69) is 54.6 Å². The van der Waals surface area contributed by atoms with Crippen molar-refractivity contribution in [3.8, 4) is 5.75 Å². The van der Waals surface area contributed by atoms with Crippen molar-refractivity contribution in [3.63, 3.8) is 0 Å². The maximum absolute atomic E-state index is 6.09. The highest BCUT2D eigenvalue weighted by atomic mass is 35.5. The molecule has 0 radical (unpaired) electrons. The Morgan fingerprint density at radius 1 is 0.833 bits per heavy atom. The maximum atomic E-state index is 6.09. The number of piperidine rings is 1. The Morgan fingerprint density at radius 3 is 2.33 bits per heavy atom. The molecule has 1 saturated heterocycles. The van der Waals surface area contributed by atoms with Crippen molar-refractivity contribution >= 4 is 0 Å². The van der Waals surface area contributed by atoms with E-state index >= 15 is 0 Å². The minimum Gasteiger partial charge on any atom is -1.00 e. The quantitative estimate of drug-likeness (QED) is 0.704. The van der Waals surface area contributed by atoms with Crippen LogP contribution in [0.4, 0.5) is 0 Å². The van der Waals surface area contributed by atoms with Crippen LogP contribution >= 0.6 is 0 Å². The molecule has 130 valence electrons. The Labute approximate surface area is 152 Å². The molecule has 1 aliphatic heterocycles. The third-order valence-corrected chi connectivity index (χ3v) is 4.70. The van der Waals surface area contributed by atoms with E-state index in [1.54, 1.807) is 4.90 Å². The van der Waals surface area contributed by atoms with E-state index in [0.717, 1.165) is 25.2 Å². The lowest BCUT2D eigenvalue weighted by Gasteiger charge is -2.23. The molecule has 0 saturated carbocycles. The van der Waals surface area contributed by atoms with Gasteiger partial charge in [0.2, 0.25) is 0 Å². The van der Waals surface area contributed by atoms with Crippen LogP contribution in [-0.2, 0) is 6.42 Å². The van der Waals surface area contributed by atoms with Crippen molar-refractivity contribution in [1.82, 2.24) is 0 Å². The second-order valence-corrected chi connectivity index (χ2v) is 6.53. The van der Waals surface area contributed by atoms with E-state index in [4.69, 9.17) is 4.74 Å². The van der Waals surface area contributed by atoms with E-state index in [1.165, 1.54) is 50.0 Å². The van der Waals surface area contributed by atoms with Gasteiger partial charge in [0, 0.05) is 12.8 Å². The van der Waals surface area contributed by atoms with Crippen LogP contribution in [-0.4, -0.2) is 26.2 Å². The summed E-state index contributed by atoms with van der Waals surface area (Å²) in [4.78, 5) is 1.76. The normalized spacial score (nSPS) is 14.8. The van der Waals surface area contributed by atoms with E-state index in [0.29, 0.717) is 0 Å². The molecule has 0 spiro atoms. The summed E-state index contributed by atoms with van der Waals surface area (Å²) in [7, 11) is 0. The summed E-state index contributed by atoms with van der Waals surface area (Å²) >= 11 is 0. The van der Waals surface area contributed by atoms with Crippen LogP contribution in [0.3, 0.4) is 0 Å². The molecule has 1 fully saturated rings. The maximum Gasteiger partial charge on any atom is 0.122 e. The standard InChI is InChI=1S/C21H27NO.ClH/c1-3-10-19(11-4-1)18-20-12-5-6-13-21(20)23-17-9-16-22-14-7-2-8-15-22;/h1,3-6,10-13H,2,7-9,14-18H2;1H. The molecule has 3 rings (SSSR count). The number of halogens is 1. The average molecular weight is 346 g/mol. The minimum absolute atomic E-state index is 0. The molecular formula is C21H28ClNO. The highest BCUT2D eigenvalue weighted by Crippen LogP contribution is 2.21. The topological polar surface area (TPSA) is 13.7 Å². The number of quaternary nitrogens is 1. The number of benzene rings is 2. The zero-order valence-corrected chi connectivity index (χ0v) is 15.1. The van der Waals surface area contributed by atoms with Crippen LogP contribution in [0, 0.1) is 0 Å². The van der Waals surface area contributed by atoms with Gasteiger partial charge in [0.1, 0.15) is 5.75 Å². The molecule has 1 N–H and O–H groups in total. The second kappa shape index (κ2) is 10.4. The molecule has 2 aromatic carbocycles. The number of ether oxygens (including phenoxy) is 1. The summed E-state index contributed by atoms with van der Waals surface area (Å²) in [5, 5.41) is 0. The van der Waals surface area contributed by atoms with Gasteiger partial charge >= 0.3 is 0 Å². The lowest BCUT2D eigenvalue weighted by atomic mass is 10.0. The van der Waals surface area contributed by atoms with Crippen LogP contribution in [0.25, 0.3) is 0 Å². The molecule has 0 amide bonds. The van der Waals surface area contributed by atoms with Gasteiger partial charge in [-0.2, -0.15) is 0 Å². The number of nitrogens with one attached hydrogen (secondary N) is 1. The first-order valence-corrected chi connectivity index (χ1v) is 9.00. The summed E-state index contributed by atoms with van der Waals surface area (Å²) in [6, 6.07) is 19.1. The summed E-state index contributed by atoms with van der Waals surface area (Å²) in [5.41, 5.74) is 2.62. The van der Waals surface area contributed by atoms with Crippen molar-refractivity contribution in [2.75, 3.05) is 26.2 Å². The fourth-order valence-corrected chi connectivity index (χ4v) is 3.41. The van der Waals surface area contributed by atoms with Crippen LogP contribution in [0.2, 0.25) is 0 Å². The van der Waals surface area contributed by atoms with Crippen LogP contribution in [0.15, 0.2) is 54.6 Å². The van der Waals surface area contributed by atoms with Gasteiger partial charge in [-0.1, -0.05) is 48.5 Å². The fraction of sp³-hybridized carbons (Fsp3) is 0.429. The smallest absolute Gasteiger partial charge is 0.122 e. The van der Waals surface area contributed by atoms with Crippen LogP contribution in [0.5, 0.6) is 5.75 Å². The molecular weight excluding hydrogens is 318 g/mol. The molecule has 1 aliphatic rings. The summed E-state index contributed by atoms with van der Waals surface area (Å²) in [5.74, 6) is 1.05. The first kappa shape index (κ1) is 18.8. The Bertz CT molecular complexity index is 581. The lowest BCUT2D eigenvalue weighted by molar-refractivity contribution is -0.905. The zero-order chi connectivity index (χ0) is 15.7. The Balaban J connectivity index is 0.00000208. The number of likely N-dealkylation sites (tertiary alicyclic amines) is 1. The van der Waals surface area contributed by atoms with Gasteiger partial charge < -0.3 is 22.0 Å². The van der Waals surface area contributed by atoms with Gasteiger partial charge in [0.05, 0.1) is 26.2 Å². The molecule has 0 bridgehead atoms. The third kappa shape index (κ3) is 5.85. The summed E-state index contributed by atoms with van der Waals surface area (Å²) < 4.78 is 6.09. The van der Waals surface area contributed by atoms with Crippen molar-refractivity contribution in [2.45, 2.75) is 32.1 Å². The molecule has 24 heavy (non-hydrogen) atoms. The largest absolute Gasteiger partial charge is 1.00 e. The Hall–Kier alpha value is -1.51. The molecule has 0 aliphatic carbocycles. The van der Waals surface area contributed by atoms with Crippen LogP contribution in [0.1, 0.15) is 36.8 Å². The molecule has 0 aromatic heterocycles. The molecule has 2 nitrogen and oxygen atoms in total. The van der Waals surface area contributed by atoms with E-state index in [-0.39, 0.29) is 12.4 Å². The predicted molar refractivity (Wildman–Crippen MR) is 95.2 cm³/mol. The fourth-order valence-electron chi connectivity index (χ4n) is 3.41. The first-order chi connectivity index (χ1) is 11.4. The average Bonchev–Trinajstić information content (AvgIpc) is 2.62. The van der Waals surface area contributed by atoms with Gasteiger partial charge in [0.15, 0.2) is 0 Å². The zero-order valence-electron chi connectivity index (χ0n) is 14.3. The van der Waals surface area contributed by atoms with E-state index < -0.39 is 0 Å². The van der Waals surface area contributed by atoms with Gasteiger partial charge in [-0.05, 0) is 36.5 Å². The van der Waals surface area contributed by atoms with E-state index in [1.807, 2.05) is 0 Å². The minimum atomic E-state index is 0. The number of hydrogen-bond donors (Lipinski definition) is 1. The Morgan fingerprint density at radius 2 is 1.54 bits per heavy atom. The highest BCUT2D eigenvalue weighted by Gasteiger charge is 2.12. The van der Waals surface area contributed by atoms with Gasteiger partial charge in [0.25, 0.3) is 0 Å². The predicted octanol–water partition coefficient (Wildman–Crippen LogP) is 0.119. The number of hydrogen-bond acceptors (Lipinski definition) is 1. The first-order valence-electron chi connectivity index (χ1n) is 9.00. The third-order valence-electron chi connectivity index (χ3n) is 4.70. The van der Waals surface area contributed by atoms with Gasteiger partial charge in [-0.25, -0.2) is 0 Å².